The van der Waals surface area contributed by atoms with Crippen LogP contribution >= 0.6 is 0 Å². The van der Waals surface area contributed by atoms with E-state index in [0.29, 0.717) is 17.1 Å². The molecule has 0 saturated heterocycles. The van der Waals surface area contributed by atoms with Crippen molar-refractivity contribution in [3.63, 3.8) is 0 Å². The van der Waals surface area contributed by atoms with Crippen LogP contribution in [0.3, 0.4) is 0 Å². The number of anilines is 2. The van der Waals surface area contributed by atoms with Crippen molar-refractivity contribution in [3.05, 3.63) is 53.8 Å². The molecular weight excluding hydrogens is 271 g/mol. The Balaban J connectivity index is 2.19. The summed E-state index contributed by atoms with van der Waals surface area (Å²) >= 11 is 0. The van der Waals surface area contributed by atoms with E-state index < -0.39 is 5.54 Å². The number of carbonyl (C=O) groups excluding carboxylic acids is 1. The van der Waals surface area contributed by atoms with Crippen molar-refractivity contribution in [2.24, 2.45) is 5.73 Å². The van der Waals surface area contributed by atoms with Crippen LogP contribution in [0.25, 0.3) is 0 Å². The molecule has 0 aromatic heterocycles. The average Bonchev–Trinajstić information content (AvgIpc) is 2.67. The van der Waals surface area contributed by atoms with Crippen molar-refractivity contribution < 1.29 is 13.9 Å². The number of hydrogen-bond donors (Lipinski definition) is 1. The fourth-order valence-electron chi connectivity index (χ4n) is 2.57. The van der Waals surface area contributed by atoms with E-state index in [2.05, 4.69) is 0 Å². The molecule has 1 amide bonds. The minimum absolute atomic E-state index is 0.252. The Morgan fingerprint density at radius 3 is 2.48 bits per heavy atom. The molecule has 1 atom stereocenters. The molecule has 0 spiro atoms. The number of carbonyl (C=O) groups is 1. The third-order valence-corrected chi connectivity index (χ3v) is 3.74. The van der Waals surface area contributed by atoms with Gasteiger partial charge in [0.05, 0.1) is 12.8 Å². The standard InChI is InChI=1S/C16H15FN2O2/c1-16(18)13-8-7-12(21-2)9-14(13)19(15(16)20)11-5-3-10(17)4-6-11/h3-9H,18H2,1-2H3. The van der Waals surface area contributed by atoms with Gasteiger partial charge in [0, 0.05) is 17.3 Å². The Morgan fingerprint density at radius 1 is 1.19 bits per heavy atom. The largest absolute Gasteiger partial charge is 0.497 e. The first kappa shape index (κ1) is 13.6. The second kappa shape index (κ2) is 4.56. The number of benzene rings is 2. The van der Waals surface area contributed by atoms with Crippen LogP contribution in [0.2, 0.25) is 0 Å². The molecule has 108 valence electrons. The summed E-state index contributed by atoms with van der Waals surface area (Å²) < 4.78 is 18.3. The van der Waals surface area contributed by atoms with Gasteiger partial charge in [-0.05, 0) is 37.3 Å². The zero-order valence-electron chi connectivity index (χ0n) is 11.8. The molecule has 4 nitrogen and oxygen atoms in total. The number of halogens is 1. The van der Waals surface area contributed by atoms with Gasteiger partial charge in [-0.15, -0.1) is 0 Å². The van der Waals surface area contributed by atoms with E-state index in [1.165, 1.54) is 17.0 Å². The van der Waals surface area contributed by atoms with E-state index in [-0.39, 0.29) is 11.7 Å². The van der Waals surface area contributed by atoms with Crippen LogP contribution < -0.4 is 15.4 Å². The number of ether oxygens (including phenoxy) is 1. The van der Waals surface area contributed by atoms with Gasteiger partial charge in [-0.25, -0.2) is 4.39 Å². The number of methoxy groups -OCH3 is 1. The molecule has 1 aliphatic heterocycles. The lowest BCUT2D eigenvalue weighted by atomic mass is 9.95. The van der Waals surface area contributed by atoms with E-state index in [1.807, 2.05) is 0 Å². The Morgan fingerprint density at radius 2 is 1.86 bits per heavy atom. The number of hydrogen-bond acceptors (Lipinski definition) is 3. The zero-order valence-corrected chi connectivity index (χ0v) is 11.8. The molecule has 0 aliphatic carbocycles. The summed E-state index contributed by atoms with van der Waals surface area (Å²) in [6, 6.07) is 11.1. The third-order valence-electron chi connectivity index (χ3n) is 3.74. The molecule has 21 heavy (non-hydrogen) atoms. The molecule has 0 radical (unpaired) electrons. The first-order chi connectivity index (χ1) is 9.95. The highest BCUT2D eigenvalue weighted by Crippen LogP contribution is 2.44. The summed E-state index contributed by atoms with van der Waals surface area (Å²) in [5, 5.41) is 0. The van der Waals surface area contributed by atoms with Crippen LogP contribution in [0.15, 0.2) is 42.5 Å². The van der Waals surface area contributed by atoms with Gasteiger partial charge in [-0.1, -0.05) is 6.07 Å². The number of rotatable bonds is 2. The van der Waals surface area contributed by atoms with Crippen LogP contribution in [0.5, 0.6) is 5.75 Å². The summed E-state index contributed by atoms with van der Waals surface area (Å²) in [5.74, 6) is 0.0236. The van der Waals surface area contributed by atoms with Crippen molar-refractivity contribution in [1.29, 1.82) is 0 Å². The van der Waals surface area contributed by atoms with E-state index in [1.54, 1.807) is 44.4 Å². The van der Waals surface area contributed by atoms with E-state index in [4.69, 9.17) is 10.5 Å². The van der Waals surface area contributed by atoms with Gasteiger partial charge in [0.25, 0.3) is 5.91 Å². The number of amides is 1. The Kier molecular flexibility index (Phi) is 2.95. The van der Waals surface area contributed by atoms with Gasteiger partial charge < -0.3 is 10.5 Å². The second-order valence-corrected chi connectivity index (χ2v) is 5.20. The molecule has 2 N–H and O–H groups in total. The summed E-state index contributed by atoms with van der Waals surface area (Å²) in [6.07, 6.45) is 0. The number of nitrogens with zero attached hydrogens (tertiary/aromatic N) is 1. The first-order valence-corrected chi connectivity index (χ1v) is 6.52. The molecule has 5 heteroatoms. The second-order valence-electron chi connectivity index (χ2n) is 5.20. The SMILES string of the molecule is COc1ccc2c(c1)N(c1ccc(F)cc1)C(=O)C2(C)N. The van der Waals surface area contributed by atoms with E-state index in [0.717, 1.165) is 5.56 Å². The minimum Gasteiger partial charge on any atom is -0.497 e. The van der Waals surface area contributed by atoms with Crippen molar-refractivity contribution in [2.45, 2.75) is 12.5 Å². The molecule has 0 saturated carbocycles. The van der Waals surface area contributed by atoms with Crippen LogP contribution in [0, 0.1) is 5.82 Å². The molecule has 0 fully saturated rings. The van der Waals surface area contributed by atoms with Crippen LogP contribution in [0.1, 0.15) is 12.5 Å². The molecule has 3 rings (SSSR count). The third kappa shape index (κ3) is 1.97. The van der Waals surface area contributed by atoms with Crippen molar-refractivity contribution >= 4 is 17.3 Å². The topological polar surface area (TPSA) is 55.6 Å². The predicted octanol–water partition coefficient (Wildman–Crippen LogP) is 2.69. The maximum Gasteiger partial charge on any atom is 0.256 e. The highest BCUT2D eigenvalue weighted by atomic mass is 19.1. The summed E-state index contributed by atoms with van der Waals surface area (Å²) in [7, 11) is 1.56. The molecule has 2 aromatic carbocycles. The highest BCUT2D eigenvalue weighted by Gasteiger charge is 2.45. The smallest absolute Gasteiger partial charge is 0.256 e. The maximum absolute atomic E-state index is 13.1. The Bertz CT molecular complexity index is 711. The normalized spacial score (nSPS) is 20.6. The van der Waals surface area contributed by atoms with Gasteiger partial charge in [0.2, 0.25) is 0 Å². The van der Waals surface area contributed by atoms with Crippen LogP contribution in [-0.4, -0.2) is 13.0 Å². The lowest BCUT2D eigenvalue weighted by molar-refractivity contribution is -0.121. The molecule has 0 bridgehead atoms. The van der Waals surface area contributed by atoms with E-state index in [9.17, 15) is 9.18 Å². The lowest BCUT2D eigenvalue weighted by Gasteiger charge is -2.20. The van der Waals surface area contributed by atoms with Crippen molar-refractivity contribution in [3.8, 4) is 5.75 Å². The van der Waals surface area contributed by atoms with E-state index >= 15 is 0 Å². The zero-order chi connectivity index (χ0) is 15.2. The van der Waals surface area contributed by atoms with Crippen molar-refractivity contribution in [1.82, 2.24) is 0 Å². The lowest BCUT2D eigenvalue weighted by Crippen LogP contribution is -2.43. The molecule has 1 heterocycles. The van der Waals surface area contributed by atoms with Gasteiger partial charge in [-0.3, -0.25) is 9.69 Å². The predicted molar refractivity (Wildman–Crippen MR) is 78.1 cm³/mol. The van der Waals surface area contributed by atoms with Gasteiger partial charge >= 0.3 is 0 Å². The monoisotopic (exact) mass is 286 g/mol. The molecule has 1 unspecified atom stereocenters. The summed E-state index contributed by atoms with van der Waals surface area (Å²) in [4.78, 5) is 14.1. The number of fused-ring (bicyclic) bond motifs is 1. The Hall–Kier alpha value is -2.40. The Labute approximate surface area is 121 Å². The highest BCUT2D eigenvalue weighted by molar-refractivity contribution is 6.12. The maximum atomic E-state index is 13.1. The van der Waals surface area contributed by atoms with Gasteiger partial charge in [-0.2, -0.15) is 0 Å². The first-order valence-electron chi connectivity index (χ1n) is 6.52. The molecular formula is C16H15FN2O2. The molecule has 1 aliphatic rings. The minimum atomic E-state index is -1.12. The quantitative estimate of drug-likeness (QED) is 0.923. The van der Waals surface area contributed by atoms with Crippen molar-refractivity contribution in [2.75, 3.05) is 12.0 Å². The molecule has 2 aromatic rings. The van der Waals surface area contributed by atoms with Gasteiger partial charge in [0.15, 0.2) is 0 Å². The average molecular weight is 286 g/mol. The van der Waals surface area contributed by atoms with Crippen LogP contribution in [-0.2, 0) is 10.3 Å². The summed E-state index contributed by atoms with van der Waals surface area (Å²) in [5.41, 5.74) is 7.02. The van der Waals surface area contributed by atoms with Crippen LogP contribution in [0.4, 0.5) is 15.8 Å². The summed E-state index contributed by atoms with van der Waals surface area (Å²) in [6.45, 7) is 1.67. The fraction of sp³-hybridized carbons (Fsp3) is 0.188. The van der Waals surface area contributed by atoms with Gasteiger partial charge in [0.1, 0.15) is 17.1 Å². The fourth-order valence-corrected chi connectivity index (χ4v) is 2.57. The number of nitrogens with two attached hydrogens (primary N) is 1.